The Bertz CT molecular complexity index is 222. The Kier molecular flexibility index (Phi) is 3.79. The molecule has 96 valence electrons. The first-order valence-electron chi connectivity index (χ1n) is 6.88. The summed E-state index contributed by atoms with van der Waals surface area (Å²) in [5.41, 5.74) is 1.17. The Morgan fingerprint density at radius 1 is 1.00 bits per heavy atom. The fraction of sp³-hybridized carbons (Fsp3) is 1.00. The first kappa shape index (κ1) is 14.0. The maximum Gasteiger partial charge on any atom is 0.0158 e. The van der Waals surface area contributed by atoms with Crippen molar-refractivity contribution in [2.24, 2.45) is 5.41 Å². The standard InChI is InChI=1S/C15H31N/c1-8-13(2,3)12-16-14(4,5)10-9-11-15(16,6)7/h8-12H2,1-7H3. The van der Waals surface area contributed by atoms with E-state index in [0.717, 1.165) is 0 Å². The van der Waals surface area contributed by atoms with Gasteiger partial charge in [-0.3, -0.25) is 4.90 Å². The minimum absolute atomic E-state index is 0.369. The van der Waals surface area contributed by atoms with Gasteiger partial charge in [0.25, 0.3) is 0 Å². The van der Waals surface area contributed by atoms with Crippen LogP contribution in [0.25, 0.3) is 0 Å². The first-order valence-corrected chi connectivity index (χ1v) is 6.88. The summed E-state index contributed by atoms with van der Waals surface area (Å²) < 4.78 is 0. The Morgan fingerprint density at radius 3 is 1.81 bits per heavy atom. The average molecular weight is 225 g/mol. The van der Waals surface area contributed by atoms with E-state index in [-0.39, 0.29) is 0 Å². The van der Waals surface area contributed by atoms with Crippen molar-refractivity contribution in [3.05, 3.63) is 0 Å². The molecule has 0 spiro atoms. The van der Waals surface area contributed by atoms with Gasteiger partial charge in [-0.2, -0.15) is 0 Å². The van der Waals surface area contributed by atoms with Crippen LogP contribution in [0.5, 0.6) is 0 Å². The van der Waals surface area contributed by atoms with Gasteiger partial charge in [0, 0.05) is 17.6 Å². The smallest absolute Gasteiger partial charge is 0.0158 e. The van der Waals surface area contributed by atoms with Gasteiger partial charge in [0.05, 0.1) is 0 Å². The van der Waals surface area contributed by atoms with Gasteiger partial charge >= 0.3 is 0 Å². The Balaban J connectivity index is 2.87. The molecule has 0 atom stereocenters. The maximum atomic E-state index is 2.76. The zero-order valence-corrected chi connectivity index (χ0v) is 12.5. The van der Waals surface area contributed by atoms with Gasteiger partial charge in [-0.05, 0) is 58.8 Å². The van der Waals surface area contributed by atoms with Gasteiger partial charge < -0.3 is 0 Å². The van der Waals surface area contributed by atoms with Gasteiger partial charge in [0.15, 0.2) is 0 Å². The van der Waals surface area contributed by atoms with Gasteiger partial charge in [0.2, 0.25) is 0 Å². The topological polar surface area (TPSA) is 3.24 Å². The Morgan fingerprint density at radius 2 is 1.44 bits per heavy atom. The molecule has 1 rings (SSSR count). The van der Waals surface area contributed by atoms with E-state index in [9.17, 15) is 0 Å². The van der Waals surface area contributed by atoms with Crippen LogP contribution in [0.4, 0.5) is 0 Å². The van der Waals surface area contributed by atoms with Crippen LogP contribution in [-0.4, -0.2) is 22.5 Å². The zero-order chi connectivity index (χ0) is 12.6. The summed E-state index contributed by atoms with van der Waals surface area (Å²) in [7, 11) is 0. The molecule has 1 saturated heterocycles. The molecule has 0 aliphatic carbocycles. The second-order valence-corrected chi connectivity index (χ2v) is 7.58. The molecule has 1 fully saturated rings. The Labute approximate surface area is 103 Å². The summed E-state index contributed by atoms with van der Waals surface area (Å²) >= 11 is 0. The molecule has 0 aromatic rings. The molecule has 0 bridgehead atoms. The van der Waals surface area contributed by atoms with Crippen LogP contribution >= 0.6 is 0 Å². The minimum Gasteiger partial charge on any atom is -0.293 e. The summed E-state index contributed by atoms with van der Waals surface area (Å²) in [4.78, 5) is 2.76. The van der Waals surface area contributed by atoms with Crippen molar-refractivity contribution in [2.45, 2.75) is 85.2 Å². The van der Waals surface area contributed by atoms with E-state index in [2.05, 4.69) is 53.4 Å². The summed E-state index contributed by atoms with van der Waals surface area (Å²) in [5, 5.41) is 0. The molecule has 1 heteroatoms. The van der Waals surface area contributed by atoms with E-state index in [4.69, 9.17) is 0 Å². The average Bonchev–Trinajstić information content (AvgIpc) is 2.11. The van der Waals surface area contributed by atoms with Gasteiger partial charge in [0.1, 0.15) is 0 Å². The molecule has 0 saturated carbocycles. The number of piperidine rings is 1. The van der Waals surface area contributed by atoms with Crippen LogP contribution in [0, 0.1) is 5.41 Å². The number of hydrogen-bond acceptors (Lipinski definition) is 1. The third kappa shape index (κ3) is 3.00. The van der Waals surface area contributed by atoms with Crippen molar-refractivity contribution >= 4 is 0 Å². The second kappa shape index (κ2) is 4.33. The quantitative estimate of drug-likeness (QED) is 0.685. The van der Waals surface area contributed by atoms with Crippen LogP contribution in [0.15, 0.2) is 0 Å². The molecule has 0 amide bonds. The highest BCUT2D eigenvalue weighted by Gasteiger charge is 2.42. The molecule has 16 heavy (non-hydrogen) atoms. The lowest BCUT2D eigenvalue weighted by molar-refractivity contribution is -0.0511. The van der Waals surface area contributed by atoms with E-state index in [1.807, 2.05) is 0 Å². The molecule has 0 radical (unpaired) electrons. The number of nitrogens with zero attached hydrogens (tertiary/aromatic N) is 1. The molecule has 0 aromatic heterocycles. The summed E-state index contributed by atoms with van der Waals surface area (Å²) in [6, 6.07) is 0. The van der Waals surface area contributed by atoms with Gasteiger partial charge in [-0.25, -0.2) is 0 Å². The van der Waals surface area contributed by atoms with Crippen molar-refractivity contribution in [3.63, 3.8) is 0 Å². The van der Waals surface area contributed by atoms with Gasteiger partial charge in [-0.1, -0.05) is 20.8 Å². The van der Waals surface area contributed by atoms with E-state index >= 15 is 0 Å². The SMILES string of the molecule is CCC(C)(C)CN1C(C)(C)CCCC1(C)C. The van der Waals surface area contributed by atoms with Crippen LogP contribution in [0.1, 0.15) is 74.1 Å². The van der Waals surface area contributed by atoms with Crippen molar-refractivity contribution in [3.8, 4) is 0 Å². The first-order chi connectivity index (χ1) is 7.11. The van der Waals surface area contributed by atoms with Crippen LogP contribution in [-0.2, 0) is 0 Å². The van der Waals surface area contributed by atoms with Crippen LogP contribution in [0.2, 0.25) is 0 Å². The molecule has 0 aromatic carbocycles. The van der Waals surface area contributed by atoms with Crippen molar-refractivity contribution in [2.75, 3.05) is 6.54 Å². The lowest BCUT2D eigenvalue weighted by atomic mass is 9.77. The van der Waals surface area contributed by atoms with Crippen LogP contribution in [0.3, 0.4) is 0 Å². The monoisotopic (exact) mass is 225 g/mol. The van der Waals surface area contributed by atoms with E-state index in [0.29, 0.717) is 16.5 Å². The third-order valence-electron chi connectivity index (χ3n) is 4.58. The molecule has 1 aliphatic heterocycles. The lowest BCUT2D eigenvalue weighted by Gasteiger charge is -2.55. The molecular formula is C15H31N. The third-order valence-corrected chi connectivity index (χ3v) is 4.58. The number of hydrogen-bond donors (Lipinski definition) is 0. The predicted octanol–water partition coefficient (Wildman–Crippen LogP) is 4.47. The van der Waals surface area contributed by atoms with Crippen molar-refractivity contribution in [1.82, 2.24) is 4.90 Å². The molecule has 1 nitrogen and oxygen atoms in total. The molecular weight excluding hydrogens is 194 g/mol. The van der Waals surface area contributed by atoms with Crippen molar-refractivity contribution < 1.29 is 0 Å². The molecule has 0 unspecified atom stereocenters. The summed E-state index contributed by atoms with van der Waals surface area (Å²) in [6.45, 7) is 18.0. The van der Waals surface area contributed by atoms with E-state index < -0.39 is 0 Å². The predicted molar refractivity (Wildman–Crippen MR) is 72.8 cm³/mol. The van der Waals surface area contributed by atoms with Crippen molar-refractivity contribution in [1.29, 1.82) is 0 Å². The molecule has 0 N–H and O–H groups in total. The fourth-order valence-corrected chi connectivity index (χ4v) is 3.01. The summed E-state index contributed by atoms with van der Waals surface area (Å²) in [6.07, 6.45) is 5.32. The fourth-order valence-electron chi connectivity index (χ4n) is 3.01. The highest BCUT2D eigenvalue weighted by molar-refractivity contribution is 4.98. The van der Waals surface area contributed by atoms with E-state index in [1.165, 1.54) is 32.2 Å². The number of likely N-dealkylation sites (tertiary alicyclic amines) is 1. The van der Waals surface area contributed by atoms with E-state index in [1.54, 1.807) is 0 Å². The minimum atomic E-state index is 0.369. The lowest BCUT2D eigenvalue weighted by Crippen LogP contribution is -2.60. The molecule has 1 aliphatic rings. The van der Waals surface area contributed by atoms with Gasteiger partial charge in [-0.15, -0.1) is 0 Å². The van der Waals surface area contributed by atoms with Crippen LogP contribution < -0.4 is 0 Å². The number of rotatable bonds is 3. The maximum absolute atomic E-state index is 2.76. The largest absolute Gasteiger partial charge is 0.293 e. The zero-order valence-electron chi connectivity index (χ0n) is 12.5. The molecule has 1 heterocycles. The highest BCUT2D eigenvalue weighted by Crippen LogP contribution is 2.40. The Hall–Kier alpha value is -0.0400. The highest BCUT2D eigenvalue weighted by atomic mass is 15.3. The normalized spacial score (nSPS) is 25.7. The summed E-state index contributed by atoms with van der Waals surface area (Å²) in [5.74, 6) is 0. The second-order valence-electron chi connectivity index (χ2n) is 7.58.